The number of morpholine rings is 1. The summed E-state index contributed by atoms with van der Waals surface area (Å²) in [7, 11) is 0. The minimum atomic E-state index is 0.00342. The molecule has 2 unspecified atom stereocenters. The van der Waals surface area contributed by atoms with Crippen LogP contribution in [0, 0.1) is 0 Å². The molecule has 1 fully saturated rings. The van der Waals surface area contributed by atoms with E-state index in [4.69, 9.17) is 16.3 Å². The second-order valence-electron chi connectivity index (χ2n) is 6.58. The Balaban J connectivity index is 1.52. The molecule has 0 aliphatic carbocycles. The molecule has 134 valence electrons. The van der Waals surface area contributed by atoms with Crippen LogP contribution in [0.5, 0.6) is 0 Å². The number of hydrogen-bond donors (Lipinski definition) is 2. The van der Waals surface area contributed by atoms with Gasteiger partial charge in [-0.15, -0.1) is 11.3 Å². The van der Waals surface area contributed by atoms with Gasteiger partial charge in [-0.25, -0.2) is 4.98 Å². The quantitative estimate of drug-likeness (QED) is 0.834. The van der Waals surface area contributed by atoms with Crippen LogP contribution in [0.2, 0.25) is 5.02 Å². The van der Waals surface area contributed by atoms with Crippen molar-refractivity contribution in [3.05, 3.63) is 45.9 Å². The molecule has 0 saturated carbocycles. The van der Waals surface area contributed by atoms with E-state index in [2.05, 4.69) is 24.1 Å². The number of ether oxygens (including phenoxy) is 1. The molecule has 1 aliphatic heterocycles. The molecule has 1 aromatic heterocycles. The first-order valence-corrected chi connectivity index (χ1v) is 9.65. The molecule has 1 aromatic carbocycles. The van der Waals surface area contributed by atoms with Crippen LogP contribution >= 0.6 is 22.9 Å². The van der Waals surface area contributed by atoms with E-state index < -0.39 is 0 Å². The number of halogens is 1. The van der Waals surface area contributed by atoms with Crippen LogP contribution in [-0.2, 0) is 16.0 Å². The zero-order valence-corrected chi connectivity index (χ0v) is 16.0. The van der Waals surface area contributed by atoms with Gasteiger partial charge in [0, 0.05) is 22.5 Å². The third-order valence-corrected chi connectivity index (χ3v) is 5.28. The minimum Gasteiger partial charge on any atom is -0.364 e. The van der Waals surface area contributed by atoms with Crippen LogP contribution in [0.1, 0.15) is 24.3 Å². The molecule has 1 aliphatic rings. The summed E-state index contributed by atoms with van der Waals surface area (Å²) >= 11 is 7.42. The van der Waals surface area contributed by atoms with E-state index in [1.807, 2.05) is 30.5 Å². The van der Waals surface area contributed by atoms with Gasteiger partial charge in [0.25, 0.3) is 5.91 Å². The summed E-state index contributed by atoms with van der Waals surface area (Å²) in [4.78, 5) is 19.0. The van der Waals surface area contributed by atoms with Gasteiger partial charge in [0.15, 0.2) is 11.7 Å². The highest BCUT2D eigenvalue weighted by molar-refractivity contribution is 7.15. The normalized spacial score (nSPS) is 23.4. The number of anilines is 1. The standard InChI is InChI=1S/C18H22ClN3O2S/c1-12-9-22(10-13(2)24-12)11-17(23)21-18-20-8-16(25-18)7-14-3-5-15(19)6-4-14/h3-6,8,12-13H,7,9-11H2,1-2H3,(H,20,21,23)/p+1. The predicted octanol–water partition coefficient (Wildman–Crippen LogP) is 2.02. The van der Waals surface area contributed by atoms with E-state index >= 15 is 0 Å². The topological polar surface area (TPSA) is 55.7 Å². The average molecular weight is 381 g/mol. The fourth-order valence-corrected chi connectivity index (χ4v) is 4.16. The Kier molecular flexibility index (Phi) is 6.06. The zero-order chi connectivity index (χ0) is 17.8. The van der Waals surface area contributed by atoms with Gasteiger partial charge < -0.3 is 9.64 Å². The number of carbonyl (C=O) groups excluding carboxylic acids is 1. The van der Waals surface area contributed by atoms with E-state index in [9.17, 15) is 4.79 Å². The minimum absolute atomic E-state index is 0.00342. The lowest BCUT2D eigenvalue weighted by atomic mass is 10.1. The van der Waals surface area contributed by atoms with Crippen LogP contribution in [0.4, 0.5) is 5.13 Å². The van der Waals surface area contributed by atoms with Crippen molar-refractivity contribution in [3.63, 3.8) is 0 Å². The molecule has 1 amide bonds. The largest absolute Gasteiger partial charge is 0.364 e. The summed E-state index contributed by atoms with van der Waals surface area (Å²) in [5, 5.41) is 4.31. The Morgan fingerprint density at radius 3 is 2.68 bits per heavy atom. The van der Waals surface area contributed by atoms with Gasteiger partial charge >= 0.3 is 0 Å². The van der Waals surface area contributed by atoms with Gasteiger partial charge in [0.1, 0.15) is 25.3 Å². The van der Waals surface area contributed by atoms with Gasteiger partial charge in [0.2, 0.25) is 0 Å². The van der Waals surface area contributed by atoms with Crippen molar-refractivity contribution in [2.24, 2.45) is 0 Å². The summed E-state index contributed by atoms with van der Waals surface area (Å²) in [5.74, 6) is 0.00342. The van der Waals surface area contributed by atoms with Crippen molar-refractivity contribution < 1.29 is 14.4 Å². The molecule has 7 heteroatoms. The van der Waals surface area contributed by atoms with Crippen molar-refractivity contribution in [1.29, 1.82) is 0 Å². The van der Waals surface area contributed by atoms with Crippen molar-refractivity contribution >= 4 is 34.0 Å². The maximum absolute atomic E-state index is 12.3. The van der Waals surface area contributed by atoms with Crippen molar-refractivity contribution in [3.8, 4) is 0 Å². The molecule has 1 saturated heterocycles. The van der Waals surface area contributed by atoms with E-state index in [-0.39, 0.29) is 18.1 Å². The van der Waals surface area contributed by atoms with E-state index in [0.29, 0.717) is 11.7 Å². The third-order valence-electron chi connectivity index (χ3n) is 4.12. The molecule has 0 bridgehead atoms. The maximum atomic E-state index is 12.3. The summed E-state index contributed by atoms with van der Waals surface area (Å²) in [6, 6.07) is 7.77. The number of carbonyl (C=O) groups is 1. The SMILES string of the molecule is CC1C[NH+](CC(=O)Nc2ncc(Cc3ccc(Cl)cc3)s2)CC(C)O1. The molecule has 25 heavy (non-hydrogen) atoms. The molecule has 5 nitrogen and oxygen atoms in total. The molecule has 3 rings (SSSR count). The number of hydrogen-bond acceptors (Lipinski definition) is 4. The van der Waals surface area contributed by atoms with E-state index in [1.54, 1.807) is 0 Å². The lowest BCUT2D eigenvalue weighted by Gasteiger charge is -2.31. The van der Waals surface area contributed by atoms with Gasteiger partial charge in [-0.2, -0.15) is 0 Å². The monoisotopic (exact) mass is 380 g/mol. The number of benzene rings is 1. The summed E-state index contributed by atoms with van der Waals surface area (Å²) < 4.78 is 5.71. The first-order chi connectivity index (χ1) is 12.0. The first-order valence-electron chi connectivity index (χ1n) is 8.46. The maximum Gasteiger partial charge on any atom is 0.281 e. The number of thiazole rings is 1. The molecular formula is C18H23ClN3O2S+. The number of rotatable bonds is 5. The Hall–Kier alpha value is -1.47. The van der Waals surface area contributed by atoms with Crippen molar-refractivity contribution in [1.82, 2.24) is 4.98 Å². The Bertz CT molecular complexity index is 709. The fraction of sp³-hybridized carbons (Fsp3) is 0.444. The predicted molar refractivity (Wildman–Crippen MR) is 101 cm³/mol. The van der Waals surface area contributed by atoms with Gasteiger partial charge in [-0.1, -0.05) is 23.7 Å². The molecule has 0 spiro atoms. The average Bonchev–Trinajstić information content (AvgIpc) is 2.95. The molecule has 2 atom stereocenters. The fourth-order valence-electron chi connectivity index (χ4n) is 3.17. The highest BCUT2D eigenvalue weighted by Gasteiger charge is 2.27. The van der Waals surface area contributed by atoms with Crippen LogP contribution in [0.25, 0.3) is 0 Å². The third kappa shape index (κ3) is 5.51. The molecule has 2 aromatic rings. The van der Waals surface area contributed by atoms with Gasteiger partial charge in [0.05, 0.1) is 0 Å². The Morgan fingerprint density at radius 1 is 1.32 bits per heavy atom. The molecule has 0 radical (unpaired) electrons. The van der Waals surface area contributed by atoms with Gasteiger partial charge in [-0.05, 0) is 31.5 Å². The van der Waals surface area contributed by atoms with Gasteiger partial charge in [-0.3, -0.25) is 10.1 Å². The second kappa shape index (κ2) is 8.27. The van der Waals surface area contributed by atoms with E-state index in [0.717, 1.165) is 29.4 Å². The molecule has 2 heterocycles. The number of aromatic nitrogens is 1. The molecular weight excluding hydrogens is 358 g/mol. The summed E-state index contributed by atoms with van der Waals surface area (Å²) in [6.07, 6.45) is 2.99. The number of nitrogens with one attached hydrogen (secondary N) is 2. The Labute approximate surface area is 157 Å². The zero-order valence-electron chi connectivity index (χ0n) is 14.4. The lowest BCUT2D eigenvalue weighted by molar-refractivity contribution is -0.907. The van der Waals surface area contributed by atoms with Crippen LogP contribution in [0.15, 0.2) is 30.5 Å². The number of quaternary nitrogens is 1. The highest BCUT2D eigenvalue weighted by atomic mass is 35.5. The van der Waals surface area contributed by atoms with E-state index in [1.165, 1.54) is 21.8 Å². The summed E-state index contributed by atoms with van der Waals surface area (Å²) in [6.45, 7) is 6.27. The number of amides is 1. The Morgan fingerprint density at radius 2 is 2.00 bits per heavy atom. The second-order valence-corrected chi connectivity index (χ2v) is 8.13. The first kappa shape index (κ1) is 18.3. The summed E-state index contributed by atoms with van der Waals surface area (Å²) in [5.41, 5.74) is 1.17. The van der Waals surface area contributed by atoms with Crippen molar-refractivity contribution in [2.75, 3.05) is 25.0 Å². The highest BCUT2D eigenvalue weighted by Crippen LogP contribution is 2.21. The van der Waals surface area contributed by atoms with Crippen LogP contribution < -0.4 is 10.2 Å². The lowest BCUT2D eigenvalue weighted by Crippen LogP contribution is -3.16. The number of nitrogens with zero attached hydrogens (tertiary/aromatic N) is 1. The van der Waals surface area contributed by atoms with Crippen molar-refractivity contribution in [2.45, 2.75) is 32.5 Å². The smallest absolute Gasteiger partial charge is 0.281 e. The molecule has 2 N–H and O–H groups in total. The van der Waals surface area contributed by atoms with Crippen LogP contribution in [0.3, 0.4) is 0 Å². The van der Waals surface area contributed by atoms with Crippen LogP contribution in [-0.4, -0.2) is 42.7 Å².